The van der Waals surface area contributed by atoms with Crippen molar-refractivity contribution in [3.63, 3.8) is 0 Å². The molecule has 0 bridgehead atoms. The molecule has 0 saturated carbocycles. The number of rotatable bonds is 5. The highest BCUT2D eigenvalue weighted by molar-refractivity contribution is 7.88. The second-order valence-corrected chi connectivity index (χ2v) is 5.64. The molecule has 1 rings (SSSR count). The van der Waals surface area contributed by atoms with E-state index in [0.29, 0.717) is 25.5 Å². The monoisotopic (exact) mass is 241 g/mol. The normalized spacial score (nSPS) is 19.8. The fraction of sp³-hybridized carbons (Fsp3) is 1.00. The Morgan fingerprint density at radius 1 is 1.29 bits per heavy atom. The van der Waals surface area contributed by atoms with Crippen LogP contribution in [0.3, 0.4) is 0 Å². The molecular weight excluding hydrogens is 226 g/mol. The van der Waals surface area contributed by atoms with Gasteiger partial charge in [-0.2, -0.15) is 0 Å². The van der Waals surface area contributed by atoms with Gasteiger partial charge in [-0.3, -0.25) is 4.84 Å². The average Bonchev–Trinajstić information content (AvgIpc) is 2.19. The van der Waals surface area contributed by atoms with E-state index in [0.717, 1.165) is 23.7 Å². The molecule has 4 nitrogen and oxygen atoms in total. The minimum atomic E-state index is -3.20. The van der Waals surface area contributed by atoms with Gasteiger partial charge in [0.2, 0.25) is 10.0 Å². The number of hydrogen-bond donors (Lipinski definition) is 0. The zero-order valence-corrected chi connectivity index (χ0v) is 9.69. The van der Waals surface area contributed by atoms with Gasteiger partial charge in [0, 0.05) is 12.4 Å². The summed E-state index contributed by atoms with van der Waals surface area (Å²) in [6, 6.07) is 0. The molecule has 0 aromatic heterocycles. The van der Waals surface area contributed by atoms with E-state index >= 15 is 0 Å². The molecule has 84 valence electrons. The van der Waals surface area contributed by atoms with Crippen LogP contribution < -0.4 is 0 Å². The highest BCUT2D eigenvalue weighted by atomic mass is 35.5. The van der Waals surface area contributed by atoms with Gasteiger partial charge in [-0.1, -0.05) is 4.47 Å². The second kappa shape index (κ2) is 5.90. The summed E-state index contributed by atoms with van der Waals surface area (Å²) >= 11 is 5.48. The van der Waals surface area contributed by atoms with E-state index in [1.165, 1.54) is 0 Å². The molecule has 0 atom stereocenters. The van der Waals surface area contributed by atoms with Gasteiger partial charge < -0.3 is 0 Å². The highest BCUT2D eigenvalue weighted by Crippen LogP contribution is 2.12. The number of sulfonamides is 1. The summed E-state index contributed by atoms with van der Waals surface area (Å²) < 4.78 is 24.4. The van der Waals surface area contributed by atoms with E-state index in [1.807, 2.05) is 0 Å². The molecule has 0 aromatic carbocycles. The van der Waals surface area contributed by atoms with Crippen LogP contribution in [0, 0.1) is 0 Å². The molecule has 6 heteroatoms. The first kappa shape index (κ1) is 12.2. The van der Waals surface area contributed by atoms with Crippen LogP contribution in [0.5, 0.6) is 0 Å². The second-order valence-electron chi connectivity index (χ2n) is 3.28. The predicted octanol–water partition coefficient (Wildman–Crippen LogP) is 1.36. The lowest BCUT2D eigenvalue weighted by Crippen LogP contribution is -2.37. The molecule has 1 saturated heterocycles. The Morgan fingerprint density at radius 3 is 2.64 bits per heavy atom. The van der Waals surface area contributed by atoms with Crippen LogP contribution in [0.4, 0.5) is 0 Å². The Labute approximate surface area is 90.2 Å². The number of alkyl halides is 1. The van der Waals surface area contributed by atoms with Gasteiger partial charge in [-0.15, -0.1) is 11.6 Å². The summed E-state index contributed by atoms with van der Waals surface area (Å²) in [5, 5.41) is 0. The van der Waals surface area contributed by atoms with Gasteiger partial charge in [0.05, 0.1) is 12.4 Å². The standard InChI is InChI=1S/C8H16ClNO3S/c9-5-1-4-8-14(11,12)10-6-2-3-7-13-10/h1-8H2. The minimum absolute atomic E-state index is 0.139. The third kappa shape index (κ3) is 3.73. The van der Waals surface area contributed by atoms with Crippen molar-refractivity contribution >= 4 is 21.6 Å². The van der Waals surface area contributed by atoms with Crippen molar-refractivity contribution in [1.82, 2.24) is 4.47 Å². The largest absolute Gasteiger partial charge is 0.284 e. The van der Waals surface area contributed by atoms with E-state index in [-0.39, 0.29) is 5.75 Å². The fourth-order valence-corrected chi connectivity index (χ4v) is 2.88. The molecule has 0 spiro atoms. The molecule has 14 heavy (non-hydrogen) atoms. The summed E-state index contributed by atoms with van der Waals surface area (Å²) in [7, 11) is -3.20. The van der Waals surface area contributed by atoms with E-state index in [4.69, 9.17) is 16.4 Å². The quantitative estimate of drug-likeness (QED) is 0.540. The Kier molecular flexibility index (Phi) is 5.15. The first-order valence-corrected chi connectivity index (χ1v) is 7.00. The first-order chi connectivity index (χ1) is 6.67. The highest BCUT2D eigenvalue weighted by Gasteiger charge is 2.24. The Balaban J connectivity index is 2.38. The maximum atomic E-state index is 11.6. The van der Waals surface area contributed by atoms with Crippen molar-refractivity contribution in [2.75, 3.05) is 24.8 Å². The molecule has 1 aliphatic rings. The molecule has 0 N–H and O–H groups in total. The van der Waals surface area contributed by atoms with Crippen LogP contribution in [0.15, 0.2) is 0 Å². The van der Waals surface area contributed by atoms with Crippen molar-refractivity contribution in [2.45, 2.75) is 25.7 Å². The summed E-state index contributed by atoms with van der Waals surface area (Å²) in [4.78, 5) is 5.09. The molecule has 1 aliphatic heterocycles. The smallest absolute Gasteiger partial charge is 0.236 e. The van der Waals surface area contributed by atoms with E-state index in [1.54, 1.807) is 0 Å². The number of unbranched alkanes of at least 4 members (excludes halogenated alkanes) is 1. The Bertz CT molecular complexity index is 249. The first-order valence-electron chi connectivity index (χ1n) is 4.86. The summed E-state index contributed by atoms with van der Waals surface area (Å²) in [5.74, 6) is 0.649. The fourth-order valence-electron chi connectivity index (χ4n) is 1.27. The lowest BCUT2D eigenvalue weighted by molar-refractivity contribution is -0.108. The van der Waals surface area contributed by atoms with Gasteiger partial charge in [0.25, 0.3) is 0 Å². The molecule has 0 aliphatic carbocycles. The molecule has 1 heterocycles. The van der Waals surface area contributed by atoms with Crippen LogP contribution in [0.1, 0.15) is 25.7 Å². The minimum Gasteiger partial charge on any atom is -0.284 e. The van der Waals surface area contributed by atoms with E-state index < -0.39 is 10.0 Å². The van der Waals surface area contributed by atoms with Crippen molar-refractivity contribution in [2.24, 2.45) is 0 Å². The van der Waals surface area contributed by atoms with Crippen LogP contribution >= 0.6 is 11.6 Å². The molecular formula is C8H16ClNO3S. The van der Waals surface area contributed by atoms with Gasteiger partial charge in [-0.05, 0) is 25.7 Å². The summed E-state index contributed by atoms with van der Waals surface area (Å²) in [6.07, 6.45) is 3.16. The summed E-state index contributed by atoms with van der Waals surface area (Å²) in [6.45, 7) is 0.998. The maximum absolute atomic E-state index is 11.6. The maximum Gasteiger partial charge on any atom is 0.236 e. The third-order valence-electron chi connectivity index (χ3n) is 2.07. The zero-order valence-electron chi connectivity index (χ0n) is 8.12. The van der Waals surface area contributed by atoms with Crippen LogP contribution in [-0.4, -0.2) is 37.7 Å². The van der Waals surface area contributed by atoms with Gasteiger partial charge >= 0.3 is 0 Å². The lowest BCUT2D eigenvalue weighted by Gasteiger charge is -2.25. The number of hydrogen-bond acceptors (Lipinski definition) is 3. The SMILES string of the molecule is O=S(=O)(CCCCCl)N1CCCCO1. The number of halogens is 1. The van der Waals surface area contributed by atoms with E-state index in [9.17, 15) is 8.42 Å². The average molecular weight is 242 g/mol. The third-order valence-corrected chi connectivity index (χ3v) is 4.05. The predicted molar refractivity (Wildman–Crippen MR) is 55.6 cm³/mol. The zero-order chi connectivity index (χ0) is 10.4. The number of hydroxylamine groups is 1. The Morgan fingerprint density at radius 2 is 2.07 bits per heavy atom. The van der Waals surface area contributed by atoms with Crippen LogP contribution in [-0.2, 0) is 14.9 Å². The molecule has 0 unspecified atom stereocenters. The molecule has 0 amide bonds. The summed E-state index contributed by atoms with van der Waals surface area (Å²) in [5.41, 5.74) is 0. The van der Waals surface area contributed by atoms with E-state index in [2.05, 4.69) is 0 Å². The Hall–Kier alpha value is 0.160. The molecule has 0 aromatic rings. The van der Waals surface area contributed by atoms with Crippen LogP contribution in [0.2, 0.25) is 0 Å². The van der Waals surface area contributed by atoms with Crippen molar-refractivity contribution < 1.29 is 13.3 Å². The van der Waals surface area contributed by atoms with Crippen molar-refractivity contribution in [3.8, 4) is 0 Å². The van der Waals surface area contributed by atoms with Gasteiger partial charge in [0.1, 0.15) is 0 Å². The van der Waals surface area contributed by atoms with Gasteiger partial charge in [-0.25, -0.2) is 8.42 Å². The topological polar surface area (TPSA) is 46.6 Å². The molecule has 0 radical (unpaired) electrons. The van der Waals surface area contributed by atoms with Crippen LogP contribution in [0.25, 0.3) is 0 Å². The molecule has 1 fully saturated rings. The lowest BCUT2D eigenvalue weighted by atomic mass is 10.3. The van der Waals surface area contributed by atoms with Gasteiger partial charge in [0.15, 0.2) is 0 Å². The number of nitrogens with zero attached hydrogens (tertiary/aromatic N) is 1. The van der Waals surface area contributed by atoms with Crippen molar-refractivity contribution in [1.29, 1.82) is 0 Å². The van der Waals surface area contributed by atoms with Crippen molar-refractivity contribution in [3.05, 3.63) is 0 Å².